The van der Waals surface area contributed by atoms with Crippen LogP contribution in [-0.4, -0.2) is 35.5 Å². The first kappa shape index (κ1) is 17.3. The van der Waals surface area contributed by atoms with Crippen molar-refractivity contribution in [3.63, 3.8) is 0 Å². The van der Waals surface area contributed by atoms with Crippen molar-refractivity contribution < 1.29 is 9.59 Å². The third-order valence-electron chi connectivity index (χ3n) is 4.68. The zero-order valence-electron chi connectivity index (χ0n) is 14.2. The number of amides is 3. The average Bonchev–Trinajstić information content (AvgIpc) is 2.88. The summed E-state index contributed by atoms with van der Waals surface area (Å²) in [6.45, 7) is 6.88. The largest absolute Gasteiger partial charge is 0.352 e. The summed E-state index contributed by atoms with van der Waals surface area (Å²) in [4.78, 5) is 25.9. The Labute approximate surface area is 138 Å². The topological polar surface area (TPSA) is 75.4 Å². The highest BCUT2D eigenvalue weighted by atomic mass is 16.2. The van der Waals surface area contributed by atoms with Gasteiger partial charge in [-0.15, -0.1) is 0 Å². The number of likely N-dealkylation sites (tertiary alicyclic amines) is 1. The molecule has 0 spiro atoms. The molecule has 1 aromatic carbocycles. The summed E-state index contributed by atoms with van der Waals surface area (Å²) >= 11 is 0. The van der Waals surface area contributed by atoms with Gasteiger partial charge in [0.25, 0.3) is 0 Å². The minimum absolute atomic E-state index is 0.0192. The van der Waals surface area contributed by atoms with E-state index < -0.39 is 12.1 Å². The summed E-state index contributed by atoms with van der Waals surface area (Å²) in [5.41, 5.74) is 7.79. The number of aryl methyl sites for hydroxylation is 1. The predicted octanol–water partition coefficient (Wildman–Crippen LogP) is 2.54. The van der Waals surface area contributed by atoms with Crippen LogP contribution in [-0.2, 0) is 4.79 Å². The number of carbonyl (C=O) groups is 2. The third kappa shape index (κ3) is 4.03. The number of hydrogen-bond acceptors (Lipinski definition) is 2. The van der Waals surface area contributed by atoms with E-state index in [-0.39, 0.29) is 11.9 Å². The maximum atomic E-state index is 12.8. The van der Waals surface area contributed by atoms with Crippen LogP contribution < -0.4 is 11.1 Å². The summed E-state index contributed by atoms with van der Waals surface area (Å²) < 4.78 is 0. The van der Waals surface area contributed by atoms with Crippen molar-refractivity contribution in [1.82, 2.24) is 10.2 Å². The molecule has 0 unspecified atom stereocenters. The number of nitrogens with one attached hydrogen (secondary N) is 1. The lowest BCUT2D eigenvalue weighted by molar-refractivity contribution is -0.133. The van der Waals surface area contributed by atoms with Crippen LogP contribution in [0, 0.1) is 6.92 Å². The molecule has 0 aliphatic carbocycles. The van der Waals surface area contributed by atoms with Gasteiger partial charge in [0.15, 0.2) is 0 Å². The van der Waals surface area contributed by atoms with Crippen molar-refractivity contribution in [2.45, 2.75) is 58.0 Å². The lowest BCUT2D eigenvalue weighted by Crippen LogP contribution is -2.51. The number of nitrogens with zero attached hydrogens (tertiary/aromatic N) is 1. The Balaban J connectivity index is 2.12. The molecule has 3 N–H and O–H groups in total. The molecular formula is C18H27N3O2. The van der Waals surface area contributed by atoms with Crippen LogP contribution in [0.3, 0.4) is 0 Å². The maximum Gasteiger partial charge on any atom is 0.312 e. The smallest absolute Gasteiger partial charge is 0.312 e. The van der Waals surface area contributed by atoms with Gasteiger partial charge < -0.3 is 16.0 Å². The fourth-order valence-electron chi connectivity index (χ4n) is 3.53. The molecule has 3 amide bonds. The van der Waals surface area contributed by atoms with E-state index in [1.807, 2.05) is 24.0 Å². The number of nitrogens with two attached hydrogens (primary N) is 1. The molecular weight excluding hydrogens is 290 g/mol. The molecule has 1 aliphatic rings. The molecule has 1 saturated heterocycles. The molecule has 1 fully saturated rings. The molecule has 126 valence electrons. The van der Waals surface area contributed by atoms with Crippen LogP contribution in [0.25, 0.3) is 0 Å². The molecule has 5 nitrogen and oxygen atoms in total. The van der Waals surface area contributed by atoms with Gasteiger partial charge >= 0.3 is 6.03 Å². The molecule has 1 aromatic rings. The molecule has 23 heavy (non-hydrogen) atoms. The van der Waals surface area contributed by atoms with Gasteiger partial charge in [0, 0.05) is 18.5 Å². The van der Waals surface area contributed by atoms with Crippen LogP contribution in [0.1, 0.15) is 50.2 Å². The van der Waals surface area contributed by atoms with Crippen LogP contribution >= 0.6 is 0 Å². The number of urea groups is 1. The second-order valence-electron chi connectivity index (χ2n) is 6.48. The Morgan fingerprint density at radius 2 is 2.09 bits per heavy atom. The summed E-state index contributed by atoms with van der Waals surface area (Å²) in [7, 11) is 0. The number of hydrogen-bond donors (Lipinski definition) is 2. The monoisotopic (exact) mass is 317 g/mol. The average molecular weight is 317 g/mol. The Kier molecular flexibility index (Phi) is 5.64. The lowest BCUT2D eigenvalue weighted by atomic mass is 9.93. The second kappa shape index (κ2) is 7.49. The highest BCUT2D eigenvalue weighted by Gasteiger charge is 2.36. The number of carbonyl (C=O) groups excluding carboxylic acids is 2. The molecule has 2 rings (SSSR count). The molecule has 0 saturated carbocycles. The summed E-state index contributed by atoms with van der Waals surface area (Å²) in [5.74, 6) is 0.334. The number of rotatable bonds is 5. The fourth-order valence-corrected chi connectivity index (χ4v) is 3.53. The lowest BCUT2D eigenvalue weighted by Gasteiger charge is -2.27. The highest BCUT2D eigenvalue weighted by molar-refractivity contribution is 5.87. The van der Waals surface area contributed by atoms with E-state index in [2.05, 4.69) is 31.3 Å². The Morgan fingerprint density at radius 3 is 2.70 bits per heavy atom. The van der Waals surface area contributed by atoms with E-state index in [4.69, 9.17) is 5.73 Å². The van der Waals surface area contributed by atoms with E-state index in [0.717, 1.165) is 12.8 Å². The normalized spacial score (nSPS) is 22.0. The zero-order valence-corrected chi connectivity index (χ0v) is 14.2. The number of benzene rings is 1. The third-order valence-corrected chi connectivity index (χ3v) is 4.68. The SMILES string of the molecule is CCC[C@@H](NC(N)=O)C(=O)N1C[C@H](c2ccccc2C)C[C@@H]1C. The first-order chi connectivity index (χ1) is 10.9. The van der Waals surface area contributed by atoms with Gasteiger partial charge in [0.05, 0.1) is 0 Å². The van der Waals surface area contributed by atoms with Gasteiger partial charge in [-0.25, -0.2) is 4.79 Å². The highest BCUT2D eigenvalue weighted by Crippen LogP contribution is 2.33. The van der Waals surface area contributed by atoms with Gasteiger partial charge in [0.2, 0.25) is 5.91 Å². The molecule has 1 aliphatic heterocycles. The molecule has 0 aromatic heterocycles. The van der Waals surface area contributed by atoms with Crippen LogP contribution in [0.2, 0.25) is 0 Å². The minimum atomic E-state index is -0.640. The van der Waals surface area contributed by atoms with Gasteiger partial charge in [-0.1, -0.05) is 37.6 Å². The zero-order chi connectivity index (χ0) is 17.0. The maximum absolute atomic E-state index is 12.8. The first-order valence-corrected chi connectivity index (χ1v) is 8.36. The van der Waals surface area contributed by atoms with Crippen molar-refractivity contribution in [3.8, 4) is 0 Å². The van der Waals surface area contributed by atoms with E-state index >= 15 is 0 Å². The van der Waals surface area contributed by atoms with Gasteiger partial charge in [-0.05, 0) is 37.8 Å². The summed E-state index contributed by atoms with van der Waals surface area (Å²) in [6.07, 6.45) is 2.38. The van der Waals surface area contributed by atoms with Crippen LogP contribution in [0.4, 0.5) is 4.79 Å². The fraction of sp³-hybridized carbons (Fsp3) is 0.556. The molecule has 5 heteroatoms. The summed E-state index contributed by atoms with van der Waals surface area (Å²) in [5, 5.41) is 2.59. The molecule has 3 atom stereocenters. The second-order valence-corrected chi connectivity index (χ2v) is 6.48. The minimum Gasteiger partial charge on any atom is -0.352 e. The molecule has 0 radical (unpaired) electrons. The van der Waals surface area contributed by atoms with E-state index in [1.165, 1.54) is 11.1 Å². The van der Waals surface area contributed by atoms with E-state index in [0.29, 0.717) is 18.9 Å². The van der Waals surface area contributed by atoms with Crippen LogP contribution in [0.15, 0.2) is 24.3 Å². The van der Waals surface area contributed by atoms with Crippen molar-refractivity contribution in [1.29, 1.82) is 0 Å². The number of primary amides is 1. The molecule has 1 heterocycles. The Hall–Kier alpha value is -2.04. The quantitative estimate of drug-likeness (QED) is 0.875. The standard InChI is InChI=1S/C18H27N3O2/c1-4-7-16(20-18(19)23)17(22)21-11-14(10-13(21)3)15-9-6-5-8-12(15)2/h5-6,8-9,13-14,16H,4,7,10-11H2,1-3H3,(H3,19,20,23)/t13-,14+,16+/m0/s1. The molecule has 0 bridgehead atoms. The van der Waals surface area contributed by atoms with E-state index in [1.54, 1.807) is 0 Å². The Morgan fingerprint density at radius 1 is 1.39 bits per heavy atom. The summed E-state index contributed by atoms with van der Waals surface area (Å²) in [6, 6.07) is 7.35. The van der Waals surface area contributed by atoms with Crippen molar-refractivity contribution >= 4 is 11.9 Å². The predicted molar refractivity (Wildman–Crippen MR) is 91.1 cm³/mol. The van der Waals surface area contributed by atoms with Crippen molar-refractivity contribution in [3.05, 3.63) is 35.4 Å². The van der Waals surface area contributed by atoms with E-state index in [9.17, 15) is 9.59 Å². The van der Waals surface area contributed by atoms with Gasteiger partial charge in [0.1, 0.15) is 6.04 Å². The van der Waals surface area contributed by atoms with Gasteiger partial charge in [-0.3, -0.25) is 4.79 Å². The first-order valence-electron chi connectivity index (χ1n) is 8.36. The van der Waals surface area contributed by atoms with Crippen molar-refractivity contribution in [2.75, 3.05) is 6.54 Å². The van der Waals surface area contributed by atoms with Gasteiger partial charge in [-0.2, -0.15) is 0 Å². The van der Waals surface area contributed by atoms with Crippen molar-refractivity contribution in [2.24, 2.45) is 5.73 Å². The Bertz CT molecular complexity index is 573. The van der Waals surface area contributed by atoms with Crippen LogP contribution in [0.5, 0.6) is 0 Å².